The number of rotatable bonds is 2. The summed E-state index contributed by atoms with van der Waals surface area (Å²) in [5.41, 5.74) is 2.87. The van der Waals surface area contributed by atoms with Crippen LogP contribution in [0.3, 0.4) is 0 Å². The van der Waals surface area contributed by atoms with Crippen molar-refractivity contribution in [3.05, 3.63) is 59.7 Å². The van der Waals surface area contributed by atoms with Crippen molar-refractivity contribution in [3.63, 3.8) is 0 Å². The molecule has 1 N–H and O–H groups in total. The van der Waals surface area contributed by atoms with Gasteiger partial charge in [-0.05, 0) is 36.8 Å². The highest BCUT2D eigenvalue weighted by Crippen LogP contribution is 2.30. The van der Waals surface area contributed by atoms with Crippen molar-refractivity contribution in [3.8, 4) is 11.3 Å². The third kappa shape index (κ3) is 1.99. The van der Waals surface area contributed by atoms with Gasteiger partial charge < -0.3 is 9.52 Å². The average molecular weight is 252 g/mol. The zero-order valence-electron chi connectivity index (χ0n) is 10.4. The molecule has 0 amide bonds. The number of hydrogen-bond donors (Lipinski definition) is 1. The van der Waals surface area contributed by atoms with Crippen LogP contribution in [0.15, 0.2) is 52.9 Å². The van der Waals surface area contributed by atoms with Gasteiger partial charge in [0, 0.05) is 10.9 Å². The maximum atomic E-state index is 11.0. The van der Waals surface area contributed by atoms with Crippen LogP contribution in [0.1, 0.15) is 15.9 Å². The molecule has 3 rings (SSSR count). The molecule has 0 atom stereocenters. The Kier molecular flexibility index (Phi) is 2.60. The van der Waals surface area contributed by atoms with Crippen LogP contribution in [-0.4, -0.2) is 11.1 Å². The van der Waals surface area contributed by atoms with E-state index in [0.717, 1.165) is 22.1 Å². The molecule has 0 fully saturated rings. The Morgan fingerprint density at radius 2 is 1.89 bits per heavy atom. The quantitative estimate of drug-likeness (QED) is 0.746. The number of aryl methyl sites for hydroxylation is 1. The molecular formula is C16H12O3. The molecule has 0 unspecified atom stereocenters. The van der Waals surface area contributed by atoms with Crippen LogP contribution in [0.2, 0.25) is 0 Å². The van der Waals surface area contributed by atoms with Gasteiger partial charge in [-0.25, -0.2) is 4.79 Å². The third-order valence-corrected chi connectivity index (χ3v) is 3.18. The van der Waals surface area contributed by atoms with Crippen LogP contribution in [-0.2, 0) is 0 Å². The van der Waals surface area contributed by atoms with E-state index in [1.165, 1.54) is 0 Å². The minimum absolute atomic E-state index is 0.265. The zero-order valence-corrected chi connectivity index (χ0v) is 10.4. The van der Waals surface area contributed by atoms with Crippen LogP contribution >= 0.6 is 0 Å². The summed E-state index contributed by atoms with van der Waals surface area (Å²) in [5.74, 6) is -0.237. The molecule has 3 nitrogen and oxygen atoms in total. The molecule has 3 heteroatoms. The van der Waals surface area contributed by atoms with Gasteiger partial charge in [0.1, 0.15) is 11.3 Å². The van der Waals surface area contributed by atoms with Crippen LogP contribution in [0, 0.1) is 6.92 Å². The Morgan fingerprint density at radius 1 is 1.11 bits per heavy atom. The summed E-state index contributed by atoms with van der Waals surface area (Å²) < 4.78 is 5.78. The summed E-state index contributed by atoms with van der Waals surface area (Å²) in [7, 11) is 0. The molecule has 0 spiro atoms. The molecule has 0 aliphatic carbocycles. The number of aromatic carboxylic acids is 1. The van der Waals surface area contributed by atoms with Gasteiger partial charge in [0.25, 0.3) is 0 Å². The number of hydrogen-bond acceptors (Lipinski definition) is 2. The molecule has 19 heavy (non-hydrogen) atoms. The summed E-state index contributed by atoms with van der Waals surface area (Å²) in [5, 5.41) is 10.1. The first-order valence-corrected chi connectivity index (χ1v) is 5.98. The van der Waals surface area contributed by atoms with E-state index in [-0.39, 0.29) is 5.56 Å². The van der Waals surface area contributed by atoms with Crippen LogP contribution in [0.25, 0.3) is 22.3 Å². The monoisotopic (exact) mass is 252 g/mol. The molecule has 1 heterocycles. The second-order valence-corrected chi connectivity index (χ2v) is 4.48. The zero-order chi connectivity index (χ0) is 13.4. The van der Waals surface area contributed by atoms with Gasteiger partial charge in [-0.15, -0.1) is 0 Å². The molecule has 0 radical (unpaired) electrons. The Balaban J connectivity index is 2.20. The first kappa shape index (κ1) is 11.5. The molecule has 94 valence electrons. The summed E-state index contributed by atoms with van der Waals surface area (Å²) in [6.45, 7) is 1.94. The molecule has 0 aliphatic heterocycles. The van der Waals surface area contributed by atoms with E-state index in [0.29, 0.717) is 5.76 Å². The van der Waals surface area contributed by atoms with Gasteiger partial charge in [-0.1, -0.05) is 24.3 Å². The number of furan rings is 1. The fourth-order valence-electron chi connectivity index (χ4n) is 2.14. The Hall–Kier alpha value is -2.55. The maximum absolute atomic E-state index is 11.0. The fraction of sp³-hybridized carbons (Fsp3) is 0.0625. The number of fused-ring (bicyclic) bond motifs is 1. The highest BCUT2D eigenvalue weighted by atomic mass is 16.4. The molecule has 2 aromatic carbocycles. The van der Waals surface area contributed by atoms with Crippen LogP contribution in [0.4, 0.5) is 0 Å². The van der Waals surface area contributed by atoms with Crippen LogP contribution in [0.5, 0.6) is 0 Å². The van der Waals surface area contributed by atoms with E-state index in [1.54, 1.807) is 18.2 Å². The molecule has 0 saturated heterocycles. The van der Waals surface area contributed by atoms with E-state index in [9.17, 15) is 4.79 Å². The average Bonchev–Trinajstić information content (AvgIpc) is 2.82. The van der Waals surface area contributed by atoms with E-state index in [1.807, 2.05) is 37.3 Å². The normalized spacial score (nSPS) is 10.8. The van der Waals surface area contributed by atoms with Gasteiger partial charge in [-0.3, -0.25) is 0 Å². The predicted octanol–water partition coefficient (Wildman–Crippen LogP) is 4.11. The third-order valence-electron chi connectivity index (χ3n) is 3.18. The number of carboxylic acid groups (broad SMARTS) is 1. The van der Waals surface area contributed by atoms with Crippen LogP contribution < -0.4 is 0 Å². The van der Waals surface area contributed by atoms with E-state index >= 15 is 0 Å². The Bertz CT molecular complexity index is 736. The van der Waals surface area contributed by atoms with Gasteiger partial charge in [0.05, 0.1) is 5.56 Å². The van der Waals surface area contributed by atoms with Gasteiger partial charge in [-0.2, -0.15) is 0 Å². The minimum Gasteiger partial charge on any atom is -0.478 e. The number of para-hydroxylation sites is 1. The predicted molar refractivity (Wildman–Crippen MR) is 73.3 cm³/mol. The van der Waals surface area contributed by atoms with Crippen molar-refractivity contribution in [2.45, 2.75) is 6.92 Å². The first-order valence-electron chi connectivity index (χ1n) is 5.98. The summed E-state index contributed by atoms with van der Waals surface area (Å²) in [6.07, 6.45) is 0. The summed E-state index contributed by atoms with van der Waals surface area (Å²) in [4.78, 5) is 11.0. The smallest absolute Gasteiger partial charge is 0.335 e. The van der Waals surface area contributed by atoms with Gasteiger partial charge >= 0.3 is 5.97 Å². The molecule has 0 saturated carbocycles. The number of carbonyl (C=O) groups is 1. The largest absolute Gasteiger partial charge is 0.478 e. The molecule has 0 aliphatic rings. The topological polar surface area (TPSA) is 50.4 Å². The van der Waals surface area contributed by atoms with Crippen molar-refractivity contribution >= 4 is 16.9 Å². The lowest BCUT2D eigenvalue weighted by Gasteiger charge is -2.03. The number of benzene rings is 2. The second kappa shape index (κ2) is 4.28. The molecule has 0 bridgehead atoms. The molecular weight excluding hydrogens is 240 g/mol. The lowest BCUT2D eigenvalue weighted by Crippen LogP contribution is -1.96. The molecule has 1 aromatic heterocycles. The van der Waals surface area contributed by atoms with Gasteiger partial charge in [0.15, 0.2) is 0 Å². The minimum atomic E-state index is -0.933. The highest BCUT2D eigenvalue weighted by molar-refractivity contribution is 5.90. The Morgan fingerprint density at radius 3 is 2.63 bits per heavy atom. The summed E-state index contributed by atoms with van der Waals surface area (Å²) in [6, 6.07) is 14.7. The lowest BCUT2D eigenvalue weighted by molar-refractivity contribution is 0.0697. The van der Waals surface area contributed by atoms with Gasteiger partial charge in [0.2, 0.25) is 0 Å². The highest BCUT2D eigenvalue weighted by Gasteiger charge is 2.11. The lowest BCUT2D eigenvalue weighted by atomic mass is 10.0. The fourth-order valence-corrected chi connectivity index (χ4v) is 2.14. The number of carboxylic acids is 1. The van der Waals surface area contributed by atoms with Crippen molar-refractivity contribution < 1.29 is 14.3 Å². The van der Waals surface area contributed by atoms with E-state index in [4.69, 9.17) is 9.52 Å². The standard InChI is InChI=1S/C16H12O3/c1-10-6-7-12(16(17)18)8-13(10)15-9-11-4-2-3-5-14(11)19-15/h2-9H,1H3,(H,17,18). The van der Waals surface area contributed by atoms with E-state index in [2.05, 4.69) is 0 Å². The van der Waals surface area contributed by atoms with E-state index < -0.39 is 5.97 Å². The second-order valence-electron chi connectivity index (χ2n) is 4.48. The SMILES string of the molecule is Cc1ccc(C(=O)O)cc1-c1cc2ccccc2o1. The van der Waals surface area contributed by atoms with Crippen molar-refractivity contribution in [1.82, 2.24) is 0 Å². The van der Waals surface area contributed by atoms with Crippen molar-refractivity contribution in [2.24, 2.45) is 0 Å². The van der Waals surface area contributed by atoms with Crippen molar-refractivity contribution in [1.29, 1.82) is 0 Å². The van der Waals surface area contributed by atoms with Crippen molar-refractivity contribution in [2.75, 3.05) is 0 Å². The summed E-state index contributed by atoms with van der Waals surface area (Å²) >= 11 is 0. The molecule has 3 aromatic rings. The first-order chi connectivity index (χ1) is 9.15. The Labute approximate surface area is 110 Å². The maximum Gasteiger partial charge on any atom is 0.335 e.